The van der Waals surface area contributed by atoms with Gasteiger partial charge in [-0.15, -0.1) is 11.3 Å². The molecular weight excluding hydrogens is 358 g/mol. The summed E-state index contributed by atoms with van der Waals surface area (Å²) in [7, 11) is 0. The number of hydrogen-bond acceptors (Lipinski definition) is 4. The first-order chi connectivity index (χ1) is 13.2. The van der Waals surface area contributed by atoms with Crippen molar-refractivity contribution in [3.8, 4) is 0 Å². The summed E-state index contributed by atoms with van der Waals surface area (Å²) in [6, 6.07) is 9.40. The molecule has 1 aromatic carbocycles. The standard InChI is InChI=1S/C21H25N3O2S/c25-20(17-4-2-1-3-5-17)24-13-8-18(9-14-24)21(26)23-11-6-16(7-12-23)19-22-10-15-27-19/h1-5,10,15-16,18H,6-9,11-14H2. The van der Waals surface area contributed by atoms with Crippen LogP contribution in [-0.2, 0) is 4.79 Å². The zero-order valence-corrected chi connectivity index (χ0v) is 16.2. The molecule has 5 nitrogen and oxygen atoms in total. The minimum atomic E-state index is 0.0567. The van der Waals surface area contributed by atoms with E-state index in [0.29, 0.717) is 19.0 Å². The number of piperidine rings is 2. The average Bonchev–Trinajstić information content (AvgIpc) is 3.28. The van der Waals surface area contributed by atoms with Crippen molar-refractivity contribution in [1.82, 2.24) is 14.8 Å². The van der Waals surface area contributed by atoms with Gasteiger partial charge in [-0.25, -0.2) is 4.98 Å². The van der Waals surface area contributed by atoms with Gasteiger partial charge in [0, 0.05) is 55.2 Å². The first kappa shape index (κ1) is 18.2. The van der Waals surface area contributed by atoms with Crippen LogP contribution in [0.2, 0.25) is 0 Å². The fourth-order valence-electron chi connectivity index (χ4n) is 4.13. The molecule has 2 aliphatic heterocycles. The first-order valence-electron chi connectivity index (χ1n) is 9.75. The molecule has 0 N–H and O–H groups in total. The third-order valence-electron chi connectivity index (χ3n) is 5.76. The van der Waals surface area contributed by atoms with Crippen LogP contribution in [0, 0.1) is 5.92 Å². The Balaban J connectivity index is 1.27. The lowest BCUT2D eigenvalue weighted by Gasteiger charge is -2.37. The van der Waals surface area contributed by atoms with E-state index in [1.165, 1.54) is 5.01 Å². The highest BCUT2D eigenvalue weighted by atomic mass is 32.1. The summed E-state index contributed by atoms with van der Waals surface area (Å²) in [6.45, 7) is 2.98. The molecular formula is C21H25N3O2S. The number of carbonyl (C=O) groups excluding carboxylic acids is 2. The predicted octanol–water partition coefficient (Wildman–Crippen LogP) is 3.40. The molecule has 142 valence electrons. The van der Waals surface area contributed by atoms with Gasteiger partial charge in [-0.05, 0) is 37.8 Å². The molecule has 2 aliphatic rings. The van der Waals surface area contributed by atoms with E-state index < -0.39 is 0 Å². The molecule has 0 radical (unpaired) electrons. The lowest BCUT2D eigenvalue weighted by molar-refractivity contribution is -0.138. The van der Waals surface area contributed by atoms with Crippen LogP contribution in [0.15, 0.2) is 41.9 Å². The smallest absolute Gasteiger partial charge is 0.253 e. The van der Waals surface area contributed by atoms with Gasteiger partial charge < -0.3 is 9.80 Å². The fourth-order valence-corrected chi connectivity index (χ4v) is 4.94. The average molecular weight is 384 g/mol. The van der Waals surface area contributed by atoms with Crippen LogP contribution in [0.4, 0.5) is 0 Å². The summed E-state index contributed by atoms with van der Waals surface area (Å²) in [5.41, 5.74) is 0.728. The fraction of sp³-hybridized carbons (Fsp3) is 0.476. The molecule has 0 atom stereocenters. The number of nitrogens with zero attached hydrogens (tertiary/aromatic N) is 3. The van der Waals surface area contributed by atoms with Crippen molar-refractivity contribution in [3.63, 3.8) is 0 Å². The number of likely N-dealkylation sites (tertiary alicyclic amines) is 2. The highest BCUT2D eigenvalue weighted by Crippen LogP contribution is 2.31. The van der Waals surface area contributed by atoms with Crippen LogP contribution in [0.3, 0.4) is 0 Å². The second kappa shape index (κ2) is 8.21. The number of carbonyl (C=O) groups is 2. The Morgan fingerprint density at radius 2 is 1.59 bits per heavy atom. The van der Waals surface area contributed by atoms with Crippen molar-refractivity contribution < 1.29 is 9.59 Å². The molecule has 2 fully saturated rings. The second-order valence-corrected chi connectivity index (χ2v) is 8.33. The molecule has 27 heavy (non-hydrogen) atoms. The summed E-state index contributed by atoms with van der Waals surface area (Å²) < 4.78 is 0. The number of amides is 2. The van der Waals surface area contributed by atoms with Gasteiger partial charge >= 0.3 is 0 Å². The van der Waals surface area contributed by atoms with Gasteiger partial charge in [0.15, 0.2) is 0 Å². The van der Waals surface area contributed by atoms with Gasteiger partial charge in [0.2, 0.25) is 5.91 Å². The summed E-state index contributed by atoms with van der Waals surface area (Å²) in [5.74, 6) is 0.908. The van der Waals surface area contributed by atoms with Crippen LogP contribution < -0.4 is 0 Å². The van der Waals surface area contributed by atoms with Crippen molar-refractivity contribution in [2.45, 2.75) is 31.6 Å². The van der Waals surface area contributed by atoms with Crippen molar-refractivity contribution in [1.29, 1.82) is 0 Å². The Morgan fingerprint density at radius 1 is 0.926 bits per heavy atom. The van der Waals surface area contributed by atoms with E-state index in [1.54, 1.807) is 11.3 Å². The highest BCUT2D eigenvalue weighted by Gasteiger charge is 2.32. The Labute approximate surface area is 164 Å². The van der Waals surface area contributed by atoms with Crippen LogP contribution in [-0.4, -0.2) is 52.8 Å². The molecule has 2 amide bonds. The number of thiazole rings is 1. The van der Waals surface area contributed by atoms with E-state index in [0.717, 1.165) is 44.3 Å². The number of benzene rings is 1. The monoisotopic (exact) mass is 383 g/mol. The van der Waals surface area contributed by atoms with Gasteiger partial charge in [0.05, 0.1) is 5.01 Å². The number of hydrogen-bond donors (Lipinski definition) is 0. The molecule has 1 aromatic heterocycles. The third-order valence-corrected chi connectivity index (χ3v) is 6.70. The number of rotatable bonds is 3. The zero-order chi connectivity index (χ0) is 18.6. The number of aromatic nitrogens is 1. The van der Waals surface area contributed by atoms with Crippen LogP contribution in [0.1, 0.15) is 47.0 Å². The summed E-state index contributed by atoms with van der Waals surface area (Å²) in [4.78, 5) is 33.8. The summed E-state index contributed by atoms with van der Waals surface area (Å²) in [6.07, 6.45) is 5.41. The molecule has 2 saturated heterocycles. The minimum absolute atomic E-state index is 0.0567. The zero-order valence-electron chi connectivity index (χ0n) is 15.4. The van der Waals surface area contributed by atoms with E-state index in [-0.39, 0.29) is 17.7 Å². The summed E-state index contributed by atoms with van der Waals surface area (Å²) >= 11 is 1.72. The van der Waals surface area contributed by atoms with Gasteiger partial charge in [-0.3, -0.25) is 9.59 Å². The molecule has 6 heteroatoms. The SMILES string of the molecule is O=C(c1ccccc1)N1CCC(C(=O)N2CCC(c3nccs3)CC2)CC1. The van der Waals surface area contributed by atoms with E-state index in [2.05, 4.69) is 4.98 Å². The topological polar surface area (TPSA) is 53.5 Å². The van der Waals surface area contributed by atoms with E-state index >= 15 is 0 Å². The Morgan fingerprint density at radius 3 is 2.22 bits per heavy atom. The largest absolute Gasteiger partial charge is 0.342 e. The molecule has 0 aliphatic carbocycles. The van der Waals surface area contributed by atoms with E-state index in [1.807, 2.05) is 51.7 Å². The van der Waals surface area contributed by atoms with Gasteiger partial charge in [0.25, 0.3) is 5.91 Å². The lowest BCUT2D eigenvalue weighted by atomic mass is 9.92. The van der Waals surface area contributed by atoms with Gasteiger partial charge in [-0.1, -0.05) is 18.2 Å². The van der Waals surface area contributed by atoms with Gasteiger partial charge in [-0.2, -0.15) is 0 Å². The van der Waals surface area contributed by atoms with Crippen LogP contribution in [0.5, 0.6) is 0 Å². The van der Waals surface area contributed by atoms with E-state index in [4.69, 9.17) is 0 Å². The molecule has 0 unspecified atom stereocenters. The van der Waals surface area contributed by atoms with Crippen molar-refractivity contribution >= 4 is 23.2 Å². The molecule has 0 saturated carbocycles. The predicted molar refractivity (Wildman–Crippen MR) is 106 cm³/mol. The maximum absolute atomic E-state index is 12.9. The molecule has 0 bridgehead atoms. The van der Waals surface area contributed by atoms with Gasteiger partial charge in [0.1, 0.15) is 0 Å². The third kappa shape index (κ3) is 4.05. The van der Waals surface area contributed by atoms with Crippen LogP contribution >= 0.6 is 11.3 Å². The minimum Gasteiger partial charge on any atom is -0.342 e. The van der Waals surface area contributed by atoms with Crippen molar-refractivity contribution in [2.24, 2.45) is 5.92 Å². The summed E-state index contributed by atoms with van der Waals surface area (Å²) in [5, 5.41) is 3.23. The van der Waals surface area contributed by atoms with Crippen molar-refractivity contribution in [3.05, 3.63) is 52.5 Å². The lowest BCUT2D eigenvalue weighted by Crippen LogP contribution is -2.46. The molecule has 4 rings (SSSR count). The Hall–Kier alpha value is -2.21. The molecule has 0 spiro atoms. The Kier molecular flexibility index (Phi) is 5.53. The quantitative estimate of drug-likeness (QED) is 0.816. The highest BCUT2D eigenvalue weighted by molar-refractivity contribution is 7.09. The van der Waals surface area contributed by atoms with Crippen LogP contribution in [0.25, 0.3) is 0 Å². The maximum atomic E-state index is 12.9. The molecule has 2 aromatic rings. The maximum Gasteiger partial charge on any atom is 0.253 e. The molecule has 3 heterocycles. The second-order valence-electron chi connectivity index (χ2n) is 7.40. The van der Waals surface area contributed by atoms with Crippen molar-refractivity contribution in [2.75, 3.05) is 26.2 Å². The normalized spacial score (nSPS) is 19.3. The Bertz CT molecular complexity index is 762. The van der Waals surface area contributed by atoms with E-state index in [9.17, 15) is 9.59 Å². The first-order valence-corrected chi connectivity index (χ1v) is 10.6.